The summed E-state index contributed by atoms with van der Waals surface area (Å²) >= 11 is 0. The van der Waals surface area contributed by atoms with Crippen LogP contribution in [0.15, 0.2) is 12.1 Å². The maximum absolute atomic E-state index is 3.36. The summed E-state index contributed by atoms with van der Waals surface area (Å²) < 4.78 is 0. The Morgan fingerprint density at radius 2 is 1.13 bits per heavy atom. The molecule has 0 N–H and O–H groups in total. The lowest BCUT2D eigenvalue weighted by molar-refractivity contribution is 1.07. The van der Waals surface area contributed by atoms with Gasteiger partial charge in [0.15, 0.2) is 0 Å². The highest BCUT2D eigenvalue weighted by Gasteiger charge is 2.05. The maximum atomic E-state index is 3.36. The molecule has 15 heavy (non-hydrogen) atoms. The Labute approximate surface area is 92.9 Å². The van der Waals surface area contributed by atoms with Gasteiger partial charge in [0.05, 0.1) is 0 Å². The van der Waals surface area contributed by atoms with Crippen molar-refractivity contribution in [1.82, 2.24) is 0 Å². The molecular formula is C12H20N3. The second-order valence-electron chi connectivity index (χ2n) is 4.29. The van der Waals surface area contributed by atoms with E-state index in [1.165, 1.54) is 5.69 Å². The summed E-state index contributed by atoms with van der Waals surface area (Å²) in [5.74, 6) is 0. The molecule has 1 radical (unpaired) electrons. The lowest BCUT2D eigenvalue weighted by Gasteiger charge is -2.22. The molecule has 3 heteroatoms. The molecule has 0 saturated heterocycles. The summed E-state index contributed by atoms with van der Waals surface area (Å²) in [5, 5.41) is 0. The first-order chi connectivity index (χ1) is 6.91. The molecule has 0 aliphatic heterocycles. The van der Waals surface area contributed by atoms with Gasteiger partial charge in [-0.25, -0.2) is 0 Å². The number of benzene rings is 1. The van der Waals surface area contributed by atoms with Crippen LogP contribution in [-0.4, -0.2) is 42.3 Å². The van der Waals surface area contributed by atoms with Crippen molar-refractivity contribution in [2.24, 2.45) is 0 Å². The van der Waals surface area contributed by atoms with Crippen molar-refractivity contribution < 1.29 is 0 Å². The summed E-state index contributed by atoms with van der Waals surface area (Å²) in [6.45, 7) is 0. The van der Waals surface area contributed by atoms with Gasteiger partial charge in [-0.1, -0.05) is 0 Å². The molecular weight excluding hydrogens is 186 g/mol. The standard InChI is InChI=1S/C12H20N3/c1-13(2)10-7-11(14(3)4)9-12(8-10)15(5)6/h7-8H,1-6H3. The number of rotatable bonds is 3. The molecule has 0 atom stereocenters. The molecule has 0 aromatic heterocycles. The molecule has 1 aromatic rings. The van der Waals surface area contributed by atoms with E-state index in [4.69, 9.17) is 0 Å². The van der Waals surface area contributed by atoms with Crippen LogP contribution in [0.1, 0.15) is 0 Å². The molecule has 1 aromatic carbocycles. The third-order valence-electron chi connectivity index (χ3n) is 2.31. The molecule has 0 aliphatic carbocycles. The van der Waals surface area contributed by atoms with Gasteiger partial charge in [0.2, 0.25) is 0 Å². The zero-order valence-electron chi connectivity index (χ0n) is 10.5. The predicted octanol–water partition coefficient (Wildman–Crippen LogP) is 1.68. The van der Waals surface area contributed by atoms with Gasteiger partial charge in [0.25, 0.3) is 0 Å². The highest BCUT2D eigenvalue weighted by Crippen LogP contribution is 2.26. The van der Waals surface area contributed by atoms with Crippen molar-refractivity contribution in [1.29, 1.82) is 0 Å². The summed E-state index contributed by atoms with van der Waals surface area (Å²) in [4.78, 5) is 6.24. The van der Waals surface area contributed by atoms with Crippen molar-refractivity contribution in [2.45, 2.75) is 0 Å². The molecule has 0 bridgehead atoms. The SMILES string of the molecule is CN(C)c1[c]c(N(C)C)cc(N(C)C)c1. The quantitative estimate of drug-likeness (QED) is 0.745. The minimum atomic E-state index is 1.10. The van der Waals surface area contributed by atoms with E-state index in [0.29, 0.717) is 0 Å². The largest absolute Gasteiger partial charge is 0.378 e. The van der Waals surface area contributed by atoms with Gasteiger partial charge in [-0.3, -0.25) is 0 Å². The van der Waals surface area contributed by atoms with E-state index in [0.717, 1.165) is 11.4 Å². The molecule has 0 fully saturated rings. The van der Waals surface area contributed by atoms with E-state index in [2.05, 4.69) is 32.9 Å². The van der Waals surface area contributed by atoms with E-state index in [1.807, 2.05) is 42.3 Å². The van der Waals surface area contributed by atoms with Crippen LogP contribution in [0, 0.1) is 6.07 Å². The Hall–Kier alpha value is -1.38. The lowest BCUT2D eigenvalue weighted by atomic mass is 10.2. The summed E-state index contributed by atoms with van der Waals surface area (Å²) in [5.41, 5.74) is 3.40. The zero-order chi connectivity index (χ0) is 11.6. The molecule has 0 unspecified atom stereocenters. The lowest BCUT2D eigenvalue weighted by Crippen LogP contribution is -2.16. The molecule has 1 rings (SSSR count). The van der Waals surface area contributed by atoms with E-state index in [1.54, 1.807) is 0 Å². The Balaban J connectivity index is 3.20. The van der Waals surface area contributed by atoms with Crippen LogP contribution in [-0.2, 0) is 0 Å². The third-order valence-corrected chi connectivity index (χ3v) is 2.31. The topological polar surface area (TPSA) is 9.72 Å². The monoisotopic (exact) mass is 206 g/mol. The molecule has 0 saturated carbocycles. The Kier molecular flexibility index (Phi) is 3.45. The molecule has 0 amide bonds. The van der Waals surface area contributed by atoms with Crippen molar-refractivity contribution in [3.05, 3.63) is 18.2 Å². The average Bonchev–Trinajstić information content (AvgIpc) is 2.16. The zero-order valence-corrected chi connectivity index (χ0v) is 10.5. The van der Waals surface area contributed by atoms with E-state index >= 15 is 0 Å². The van der Waals surface area contributed by atoms with Gasteiger partial charge < -0.3 is 14.7 Å². The minimum absolute atomic E-state index is 1.10. The fourth-order valence-electron chi connectivity index (χ4n) is 1.27. The van der Waals surface area contributed by atoms with Crippen LogP contribution in [0.4, 0.5) is 17.1 Å². The summed E-state index contributed by atoms with van der Waals surface area (Å²) in [6.07, 6.45) is 0. The van der Waals surface area contributed by atoms with Crippen molar-refractivity contribution in [3.8, 4) is 0 Å². The average molecular weight is 206 g/mol. The van der Waals surface area contributed by atoms with Crippen LogP contribution >= 0.6 is 0 Å². The van der Waals surface area contributed by atoms with Gasteiger partial charge >= 0.3 is 0 Å². The third kappa shape index (κ3) is 2.78. The van der Waals surface area contributed by atoms with Gasteiger partial charge in [0.1, 0.15) is 0 Å². The maximum Gasteiger partial charge on any atom is 0.0484 e. The van der Waals surface area contributed by atoms with Crippen molar-refractivity contribution >= 4 is 17.1 Å². The van der Waals surface area contributed by atoms with Crippen LogP contribution in [0.5, 0.6) is 0 Å². The fourth-order valence-corrected chi connectivity index (χ4v) is 1.27. The molecule has 0 aliphatic rings. The first-order valence-corrected chi connectivity index (χ1v) is 5.01. The second kappa shape index (κ2) is 4.43. The second-order valence-corrected chi connectivity index (χ2v) is 4.29. The Bertz CT molecular complexity index is 265. The molecule has 3 nitrogen and oxygen atoms in total. The number of hydrogen-bond acceptors (Lipinski definition) is 3. The molecule has 0 spiro atoms. The first-order valence-electron chi connectivity index (χ1n) is 5.01. The van der Waals surface area contributed by atoms with Crippen LogP contribution in [0.25, 0.3) is 0 Å². The van der Waals surface area contributed by atoms with Gasteiger partial charge in [0, 0.05) is 65.4 Å². The Morgan fingerprint density at radius 3 is 1.40 bits per heavy atom. The number of nitrogens with zero attached hydrogens (tertiary/aromatic N) is 3. The predicted molar refractivity (Wildman–Crippen MR) is 68.3 cm³/mol. The van der Waals surface area contributed by atoms with E-state index in [-0.39, 0.29) is 0 Å². The van der Waals surface area contributed by atoms with Crippen LogP contribution in [0.3, 0.4) is 0 Å². The van der Waals surface area contributed by atoms with Crippen molar-refractivity contribution in [2.75, 3.05) is 57.0 Å². The number of hydrogen-bond donors (Lipinski definition) is 0. The molecule has 83 valence electrons. The normalized spacial score (nSPS) is 10.0. The Morgan fingerprint density at radius 1 is 0.733 bits per heavy atom. The molecule has 0 heterocycles. The highest BCUT2D eigenvalue weighted by molar-refractivity contribution is 5.67. The van der Waals surface area contributed by atoms with Crippen molar-refractivity contribution in [3.63, 3.8) is 0 Å². The van der Waals surface area contributed by atoms with Gasteiger partial charge in [-0.15, -0.1) is 0 Å². The van der Waals surface area contributed by atoms with E-state index < -0.39 is 0 Å². The van der Waals surface area contributed by atoms with Gasteiger partial charge in [-0.05, 0) is 12.1 Å². The smallest absolute Gasteiger partial charge is 0.0484 e. The summed E-state index contributed by atoms with van der Waals surface area (Å²) in [6, 6.07) is 7.63. The summed E-state index contributed by atoms with van der Waals surface area (Å²) in [7, 11) is 12.2. The highest BCUT2D eigenvalue weighted by atomic mass is 15.1. The minimum Gasteiger partial charge on any atom is -0.378 e. The van der Waals surface area contributed by atoms with Crippen LogP contribution < -0.4 is 14.7 Å². The number of anilines is 3. The van der Waals surface area contributed by atoms with E-state index in [9.17, 15) is 0 Å². The van der Waals surface area contributed by atoms with Gasteiger partial charge in [-0.2, -0.15) is 0 Å². The fraction of sp³-hybridized carbons (Fsp3) is 0.500. The van der Waals surface area contributed by atoms with Crippen LogP contribution in [0.2, 0.25) is 0 Å². The first kappa shape index (κ1) is 11.7.